The van der Waals surface area contributed by atoms with Gasteiger partial charge in [-0.05, 0) is 19.4 Å². The molecule has 0 radical (unpaired) electrons. The summed E-state index contributed by atoms with van der Waals surface area (Å²) >= 11 is 0. The highest BCUT2D eigenvalue weighted by molar-refractivity contribution is 5.85. The predicted molar refractivity (Wildman–Crippen MR) is 75.9 cm³/mol. The van der Waals surface area contributed by atoms with Crippen molar-refractivity contribution in [2.75, 3.05) is 26.2 Å². The Morgan fingerprint density at radius 2 is 2.00 bits per heavy atom. The molecule has 1 aliphatic rings. The first kappa shape index (κ1) is 15.4. The summed E-state index contributed by atoms with van der Waals surface area (Å²) < 4.78 is 13.9. The molecule has 0 aromatic heterocycles. The van der Waals surface area contributed by atoms with E-state index in [2.05, 4.69) is 17.1 Å². The third-order valence-corrected chi connectivity index (χ3v) is 3.49. The Balaban J connectivity index is 0.00000162. The van der Waals surface area contributed by atoms with Crippen molar-refractivity contribution in [3.05, 3.63) is 35.1 Å². The van der Waals surface area contributed by atoms with Gasteiger partial charge in [-0.3, -0.25) is 4.90 Å². The fraction of sp³-hybridized carbons (Fsp3) is 0.571. The second kappa shape index (κ2) is 7.07. The number of nitrogens with one attached hydrogen (secondary N) is 1. The number of hydrogen-bond acceptors (Lipinski definition) is 2. The third kappa shape index (κ3) is 3.44. The summed E-state index contributed by atoms with van der Waals surface area (Å²) in [7, 11) is 0. The quantitative estimate of drug-likeness (QED) is 0.910. The molecule has 0 aliphatic carbocycles. The molecule has 0 unspecified atom stereocenters. The Morgan fingerprint density at radius 3 is 2.61 bits per heavy atom. The number of halogens is 2. The number of rotatable bonds is 3. The zero-order chi connectivity index (χ0) is 12.3. The van der Waals surface area contributed by atoms with Crippen LogP contribution < -0.4 is 5.32 Å². The molecule has 0 amide bonds. The summed E-state index contributed by atoms with van der Waals surface area (Å²) in [6.07, 6.45) is 0.959. The van der Waals surface area contributed by atoms with Crippen LogP contribution in [0.4, 0.5) is 4.39 Å². The minimum atomic E-state index is -0.0685. The molecule has 1 heterocycles. The average Bonchev–Trinajstić information content (AvgIpc) is 2.36. The SMILES string of the molecule is CC[C@H](c1cc(C)ccc1F)N1CCNCC1.Cl. The van der Waals surface area contributed by atoms with Crippen molar-refractivity contribution < 1.29 is 4.39 Å². The van der Waals surface area contributed by atoms with Gasteiger partial charge in [-0.1, -0.05) is 24.6 Å². The van der Waals surface area contributed by atoms with E-state index in [-0.39, 0.29) is 24.3 Å². The number of benzene rings is 1. The van der Waals surface area contributed by atoms with Crippen LogP contribution in [0.2, 0.25) is 0 Å². The minimum absolute atomic E-state index is 0. The predicted octanol–water partition coefficient (Wildman–Crippen LogP) is 2.91. The van der Waals surface area contributed by atoms with Crippen molar-refractivity contribution in [3.63, 3.8) is 0 Å². The number of hydrogen-bond donors (Lipinski definition) is 1. The second-order valence-electron chi connectivity index (χ2n) is 4.73. The molecule has 4 heteroatoms. The summed E-state index contributed by atoms with van der Waals surface area (Å²) in [5, 5.41) is 3.34. The maximum absolute atomic E-state index is 13.9. The van der Waals surface area contributed by atoms with E-state index in [0.717, 1.165) is 43.7 Å². The minimum Gasteiger partial charge on any atom is -0.314 e. The van der Waals surface area contributed by atoms with Gasteiger partial charge in [-0.15, -0.1) is 12.4 Å². The molecule has 0 bridgehead atoms. The van der Waals surface area contributed by atoms with Gasteiger partial charge in [0.2, 0.25) is 0 Å². The zero-order valence-electron chi connectivity index (χ0n) is 11.1. The lowest BCUT2D eigenvalue weighted by Gasteiger charge is -2.35. The highest BCUT2D eigenvalue weighted by atomic mass is 35.5. The van der Waals surface area contributed by atoms with Gasteiger partial charge in [0.25, 0.3) is 0 Å². The van der Waals surface area contributed by atoms with Crippen LogP contribution >= 0.6 is 12.4 Å². The van der Waals surface area contributed by atoms with Crippen LogP contribution in [-0.4, -0.2) is 31.1 Å². The van der Waals surface area contributed by atoms with E-state index < -0.39 is 0 Å². The second-order valence-corrected chi connectivity index (χ2v) is 4.73. The molecule has 18 heavy (non-hydrogen) atoms. The van der Waals surface area contributed by atoms with Gasteiger partial charge in [-0.25, -0.2) is 4.39 Å². The molecule has 1 aromatic rings. The molecule has 0 saturated carbocycles. The van der Waals surface area contributed by atoms with Crippen molar-refractivity contribution in [1.29, 1.82) is 0 Å². The van der Waals surface area contributed by atoms with Crippen LogP contribution in [0.25, 0.3) is 0 Å². The molecular weight excluding hydrogens is 251 g/mol. The van der Waals surface area contributed by atoms with E-state index in [1.807, 2.05) is 19.1 Å². The Labute approximate surface area is 115 Å². The molecule has 102 valence electrons. The summed E-state index contributed by atoms with van der Waals surface area (Å²) in [6, 6.07) is 5.64. The summed E-state index contributed by atoms with van der Waals surface area (Å²) in [6.45, 7) is 8.17. The van der Waals surface area contributed by atoms with Gasteiger partial charge >= 0.3 is 0 Å². The van der Waals surface area contributed by atoms with Crippen LogP contribution in [-0.2, 0) is 0 Å². The molecule has 1 atom stereocenters. The van der Waals surface area contributed by atoms with Gasteiger partial charge in [0, 0.05) is 37.8 Å². The number of piperazine rings is 1. The fourth-order valence-corrected chi connectivity index (χ4v) is 2.59. The maximum atomic E-state index is 13.9. The average molecular weight is 273 g/mol. The molecule has 2 rings (SSSR count). The molecule has 2 nitrogen and oxygen atoms in total. The van der Waals surface area contributed by atoms with Gasteiger partial charge in [0.05, 0.1) is 0 Å². The zero-order valence-corrected chi connectivity index (χ0v) is 11.9. The third-order valence-electron chi connectivity index (χ3n) is 3.49. The monoisotopic (exact) mass is 272 g/mol. The van der Waals surface area contributed by atoms with E-state index in [0.29, 0.717) is 0 Å². The molecule has 0 spiro atoms. The van der Waals surface area contributed by atoms with E-state index in [9.17, 15) is 4.39 Å². The van der Waals surface area contributed by atoms with Gasteiger partial charge in [-0.2, -0.15) is 0 Å². The van der Waals surface area contributed by atoms with Crippen molar-refractivity contribution in [3.8, 4) is 0 Å². The first-order chi connectivity index (χ1) is 8.22. The Bertz CT molecular complexity index is 378. The molecule has 1 N–H and O–H groups in total. The van der Waals surface area contributed by atoms with E-state index in [1.165, 1.54) is 0 Å². The molecule has 1 fully saturated rings. The summed E-state index contributed by atoms with van der Waals surface area (Å²) in [5.41, 5.74) is 1.99. The lowest BCUT2D eigenvalue weighted by Crippen LogP contribution is -2.45. The van der Waals surface area contributed by atoms with Crippen LogP contribution in [0.15, 0.2) is 18.2 Å². The Hall–Kier alpha value is -0.640. The number of nitrogens with zero attached hydrogens (tertiary/aromatic N) is 1. The van der Waals surface area contributed by atoms with Crippen molar-refractivity contribution in [2.24, 2.45) is 0 Å². The van der Waals surface area contributed by atoms with Gasteiger partial charge in [0.15, 0.2) is 0 Å². The molecule has 1 aromatic carbocycles. The topological polar surface area (TPSA) is 15.3 Å². The van der Waals surface area contributed by atoms with Gasteiger partial charge < -0.3 is 5.32 Å². The molecule has 1 aliphatic heterocycles. The van der Waals surface area contributed by atoms with Crippen LogP contribution in [0.3, 0.4) is 0 Å². The largest absolute Gasteiger partial charge is 0.314 e. The van der Waals surface area contributed by atoms with E-state index in [1.54, 1.807) is 6.07 Å². The lowest BCUT2D eigenvalue weighted by atomic mass is 9.99. The van der Waals surface area contributed by atoms with Crippen molar-refractivity contribution in [2.45, 2.75) is 26.3 Å². The Morgan fingerprint density at radius 1 is 1.33 bits per heavy atom. The van der Waals surface area contributed by atoms with E-state index in [4.69, 9.17) is 0 Å². The van der Waals surface area contributed by atoms with Crippen molar-refractivity contribution in [1.82, 2.24) is 10.2 Å². The highest BCUT2D eigenvalue weighted by Gasteiger charge is 2.22. The smallest absolute Gasteiger partial charge is 0.128 e. The molecule has 1 saturated heterocycles. The maximum Gasteiger partial charge on any atom is 0.128 e. The first-order valence-corrected chi connectivity index (χ1v) is 6.43. The number of aryl methyl sites for hydroxylation is 1. The molecular formula is C14H22ClFN2. The van der Waals surface area contributed by atoms with Crippen LogP contribution in [0.5, 0.6) is 0 Å². The Kier molecular flexibility index (Phi) is 6.06. The fourth-order valence-electron chi connectivity index (χ4n) is 2.59. The lowest BCUT2D eigenvalue weighted by molar-refractivity contribution is 0.166. The highest BCUT2D eigenvalue weighted by Crippen LogP contribution is 2.27. The first-order valence-electron chi connectivity index (χ1n) is 6.43. The standard InChI is InChI=1S/C14H21FN2.ClH/c1-3-14(17-8-6-16-7-9-17)12-10-11(2)4-5-13(12)15;/h4-5,10,14,16H,3,6-9H2,1-2H3;1H/t14-;/m1./s1. The van der Waals surface area contributed by atoms with Gasteiger partial charge in [0.1, 0.15) is 5.82 Å². The van der Waals surface area contributed by atoms with E-state index >= 15 is 0 Å². The van der Waals surface area contributed by atoms with Crippen molar-refractivity contribution >= 4 is 12.4 Å². The normalized spacial score (nSPS) is 18.2. The van der Waals surface area contributed by atoms with Crippen LogP contribution in [0.1, 0.15) is 30.5 Å². The summed E-state index contributed by atoms with van der Waals surface area (Å²) in [5.74, 6) is -0.0685. The van der Waals surface area contributed by atoms with Crippen LogP contribution in [0, 0.1) is 12.7 Å². The summed E-state index contributed by atoms with van der Waals surface area (Å²) in [4.78, 5) is 2.38.